The van der Waals surface area contributed by atoms with Gasteiger partial charge >= 0.3 is 23.9 Å². The molecule has 0 aromatic heterocycles. The largest absolute Gasteiger partial charge is 0.423 e. The number of hydrogen-bond donors (Lipinski definition) is 1. The molecule has 12 heteroatoms. The molecule has 0 saturated carbocycles. The van der Waals surface area contributed by atoms with Crippen LogP contribution in [0.2, 0.25) is 0 Å². The van der Waals surface area contributed by atoms with E-state index in [1.807, 2.05) is 0 Å². The number of hydrogen-bond acceptors (Lipinski definition) is 1. The summed E-state index contributed by atoms with van der Waals surface area (Å²) in [7, 11) is 0. The highest BCUT2D eigenvalue weighted by atomic mass is 19.4. The first-order valence-electron chi connectivity index (χ1n) is 3.76. The lowest BCUT2D eigenvalue weighted by Crippen LogP contribution is -2.65. The molecule has 1 nitrogen and oxygen atoms in total. The van der Waals surface area contributed by atoms with Crippen molar-refractivity contribution in [1.82, 2.24) is 0 Å². The van der Waals surface area contributed by atoms with E-state index in [9.17, 15) is 48.3 Å². The zero-order chi connectivity index (χ0) is 15.2. The van der Waals surface area contributed by atoms with Gasteiger partial charge in [0.15, 0.2) is 0 Å². The molecular formula is C6H3F11O. The molecule has 0 amide bonds. The monoisotopic (exact) mass is 300 g/mol. The molecule has 0 heterocycles. The van der Waals surface area contributed by atoms with Crippen LogP contribution < -0.4 is 0 Å². The lowest BCUT2D eigenvalue weighted by molar-refractivity contribution is -0.424. The van der Waals surface area contributed by atoms with E-state index < -0.39 is 36.5 Å². The molecule has 0 saturated heterocycles. The Balaban J connectivity index is 5.64. The molecule has 0 aliphatic carbocycles. The van der Waals surface area contributed by atoms with Crippen LogP contribution in [0.3, 0.4) is 0 Å². The van der Waals surface area contributed by atoms with Gasteiger partial charge in [0.25, 0.3) is 6.43 Å². The molecule has 0 spiro atoms. The minimum absolute atomic E-state index is 4.83. The third-order valence-electron chi connectivity index (χ3n) is 1.76. The van der Waals surface area contributed by atoms with Gasteiger partial charge in [-0.1, -0.05) is 0 Å². The maximum atomic E-state index is 12.4. The molecule has 1 N–H and O–H groups in total. The fourth-order valence-corrected chi connectivity index (χ4v) is 0.730. The van der Waals surface area contributed by atoms with E-state index in [1.165, 1.54) is 0 Å². The Morgan fingerprint density at radius 2 is 1.00 bits per heavy atom. The number of rotatable bonds is 5. The average Bonchev–Trinajstić information content (AvgIpc) is 2.13. The van der Waals surface area contributed by atoms with Crippen LogP contribution in [0, 0.1) is 0 Å². The highest BCUT2D eigenvalue weighted by Crippen LogP contribution is 2.53. The van der Waals surface area contributed by atoms with Crippen LogP contribution in [0.4, 0.5) is 48.3 Å². The van der Waals surface area contributed by atoms with E-state index in [4.69, 9.17) is 5.11 Å². The first-order valence-corrected chi connectivity index (χ1v) is 3.76. The van der Waals surface area contributed by atoms with Gasteiger partial charge in [0.1, 0.15) is 0 Å². The van der Waals surface area contributed by atoms with Gasteiger partial charge in [-0.05, 0) is 0 Å². The van der Waals surface area contributed by atoms with E-state index in [2.05, 4.69) is 0 Å². The fourth-order valence-electron chi connectivity index (χ4n) is 0.730. The topological polar surface area (TPSA) is 20.2 Å². The molecule has 110 valence electrons. The minimum Gasteiger partial charge on any atom is -0.331 e. The summed E-state index contributed by atoms with van der Waals surface area (Å²) < 4.78 is 132. The number of halogens is 11. The van der Waals surface area contributed by atoms with Crippen molar-refractivity contribution < 1.29 is 53.4 Å². The normalized spacial score (nSPS) is 17.2. The van der Waals surface area contributed by atoms with Crippen molar-refractivity contribution in [3.63, 3.8) is 0 Å². The van der Waals surface area contributed by atoms with Gasteiger partial charge < -0.3 is 5.11 Å². The van der Waals surface area contributed by atoms with E-state index in [0.717, 1.165) is 0 Å². The molecule has 0 rings (SSSR count). The van der Waals surface area contributed by atoms with E-state index in [1.54, 1.807) is 0 Å². The van der Waals surface area contributed by atoms with Gasteiger partial charge in [-0.3, -0.25) is 0 Å². The second-order valence-corrected chi connectivity index (χ2v) is 3.05. The summed E-state index contributed by atoms with van der Waals surface area (Å²) in [5.41, 5.74) is 0. The molecule has 0 bridgehead atoms. The SMILES string of the molecule is OC(F)(F)C(F)(F)C(F)(F)C(F)(F)C(F)C(F)F. The van der Waals surface area contributed by atoms with Crippen molar-refractivity contribution in [3.05, 3.63) is 0 Å². The third-order valence-corrected chi connectivity index (χ3v) is 1.76. The second-order valence-electron chi connectivity index (χ2n) is 3.05. The Morgan fingerprint density at radius 3 is 1.22 bits per heavy atom. The van der Waals surface area contributed by atoms with Crippen LogP contribution in [0.25, 0.3) is 0 Å². The Morgan fingerprint density at radius 1 is 0.667 bits per heavy atom. The zero-order valence-corrected chi connectivity index (χ0v) is 7.76. The van der Waals surface area contributed by atoms with Crippen LogP contribution in [0.1, 0.15) is 0 Å². The van der Waals surface area contributed by atoms with Crippen molar-refractivity contribution in [2.75, 3.05) is 0 Å². The first kappa shape index (κ1) is 17.2. The summed E-state index contributed by atoms with van der Waals surface area (Å²) in [5.74, 6) is -21.2. The van der Waals surface area contributed by atoms with Gasteiger partial charge in [0.2, 0.25) is 6.17 Å². The zero-order valence-electron chi connectivity index (χ0n) is 7.76. The number of aliphatic hydroxyl groups is 1. The lowest BCUT2D eigenvalue weighted by atomic mass is 9.99. The summed E-state index contributed by atoms with van der Waals surface area (Å²) in [4.78, 5) is 0. The standard InChI is InChI=1S/C6H3F11O/c7-1(2(8)9)3(10,11)4(12,13)5(14,15)6(16,17)18/h1-2,18H. The Labute approximate surface area is 91.2 Å². The molecule has 0 aromatic carbocycles. The molecule has 0 fully saturated rings. The van der Waals surface area contributed by atoms with Crippen molar-refractivity contribution >= 4 is 0 Å². The fraction of sp³-hybridized carbons (Fsp3) is 1.00. The molecule has 0 aliphatic rings. The Kier molecular flexibility index (Phi) is 4.19. The van der Waals surface area contributed by atoms with Crippen LogP contribution in [-0.2, 0) is 0 Å². The van der Waals surface area contributed by atoms with Gasteiger partial charge in [0, 0.05) is 0 Å². The molecule has 1 unspecified atom stereocenters. The van der Waals surface area contributed by atoms with Gasteiger partial charge in [-0.25, -0.2) is 13.2 Å². The maximum absolute atomic E-state index is 12.4. The highest BCUT2D eigenvalue weighted by Gasteiger charge is 2.83. The molecule has 0 radical (unpaired) electrons. The quantitative estimate of drug-likeness (QED) is 0.774. The van der Waals surface area contributed by atoms with Crippen molar-refractivity contribution in [3.8, 4) is 0 Å². The Bertz CT molecular complexity index is 292. The van der Waals surface area contributed by atoms with Crippen molar-refractivity contribution in [2.45, 2.75) is 36.5 Å². The van der Waals surface area contributed by atoms with Crippen LogP contribution in [0.15, 0.2) is 0 Å². The Hall–Kier alpha value is -0.810. The summed E-state index contributed by atoms with van der Waals surface area (Å²) in [6, 6.07) is 0. The van der Waals surface area contributed by atoms with Gasteiger partial charge in [-0.2, -0.15) is 35.1 Å². The van der Waals surface area contributed by atoms with Crippen LogP contribution >= 0.6 is 0 Å². The molecule has 0 aliphatic heterocycles. The first-order chi connectivity index (χ1) is 7.60. The summed E-state index contributed by atoms with van der Waals surface area (Å²) in [6.07, 6.45) is -16.6. The highest BCUT2D eigenvalue weighted by molar-refractivity contribution is 5.03. The van der Waals surface area contributed by atoms with Crippen molar-refractivity contribution in [1.29, 1.82) is 0 Å². The predicted molar refractivity (Wildman–Crippen MR) is 32.9 cm³/mol. The molecular weight excluding hydrogens is 297 g/mol. The average molecular weight is 300 g/mol. The number of alkyl halides is 11. The van der Waals surface area contributed by atoms with E-state index >= 15 is 0 Å². The molecule has 1 atom stereocenters. The lowest BCUT2D eigenvalue weighted by Gasteiger charge is -2.35. The summed E-state index contributed by atoms with van der Waals surface area (Å²) >= 11 is 0. The summed E-state index contributed by atoms with van der Waals surface area (Å²) in [5, 5.41) is 7.36. The van der Waals surface area contributed by atoms with Gasteiger partial charge in [-0.15, -0.1) is 0 Å². The third kappa shape index (κ3) is 2.34. The summed E-state index contributed by atoms with van der Waals surface area (Å²) in [6.45, 7) is 0. The maximum Gasteiger partial charge on any atom is 0.423 e. The molecule has 0 aromatic rings. The minimum atomic E-state index is -7.24. The van der Waals surface area contributed by atoms with E-state index in [-0.39, 0.29) is 0 Å². The van der Waals surface area contributed by atoms with E-state index in [0.29, 0.717) is 0 Å². The smallest absolute Gasteiger partial charge is 0.331 e. The second kappa shape index (κ2) is 4.38. The molecule has 18 heavy (non-hydrogen) atoms. The van der Waals surface area contributed by atoms with Crippen LogP contribution in [-0.4, -0.2) is 41.6 Å². The van der Waals surface area contributed by atoms with Gasteiger partial charge in [0.05, 0.1) is 0 Å². The van der Waals surface area contributed by atoms with Crippen molar-refractivity contribution in [2.24, 2.45) is 0 Å². The predicted octanol–water partition coefficient (Wildman–Crippen LogP) is 3.08. The van der Waals surface area contributed by atoms with Crippen LogP contribution in [0.5, 0.6) is 0 Å².